The molecule has 0 saturated carbocycles. The fourth-order valence-electron chi connectivity index (χ4n) is 2.27. The van der Waals surface area contributed by atoms with Gasteiger partial charge < -0.3 is 4.90 Å². The highest BCUT2D eigenvalue weighted by Gasteiger charge is 2.23. The van der Waals surface area contributed by atoms with E-state index in [0.29, 0.717) is 16.6 Å². The molecule has 92 valence electrons. The van der Waals surface area contributed by atoms with Gasteiger partial charge >= 0.3 is 0 Å². The first kappa shape index (κ1) is 12.4. The van der Waals surface area contributed by atoms with E-state index in [-0.39, 0.29) is 5.91 Å². The molecule has 0 spiro atoms. The summed E-state index contributed by atoms with van der Waals surface area (Å²) in [5, 5.41) is 0.423. The lowest BCUT2D eigenvalue weighted by Gasteiger charge is -2.32. The fraction of sp³-hybridized carbons (Fsp3) is 0.538. The van der Waals surface area contributed by atoms with Crippen LogP contribution in [0.2, 0.25) is 5.15 Å². The third-order valence-corrected chi connectivity index (χ3v) is 3.58. The minimum absolute atomic E-state index is 0.0762. The van der Waals surface area contributed by atoms with Crippen LogP contribution in [-0.2, 0) is 0 Å². The van der Waals surface area contributed by atoms with Crippen LogP contribution in [0.15, 0.2) is 18.3 Å². The van der Waals surface area contributed by atoms with Crippen molar-refractivity contribution in [2.75, 3.05) is 13.1 Å². The van der Waals surface area contributed by atoms with Gasteiger partial charge in [0, 0.05) is 19.3 Å². The highest BCUT2D eigenvalue weighted by Crippen LogP contribution is 2.20. The minimum atomic E-state index is 0.0762. The van der Waals surface area contributed by atoms with Gasteiger partial charge in [-0.2, -0.15) is 0 Å². The first-order valence-corrected chi connectivity index (χ1v) is 6.49. The van der Waals surface area contributed by atoms with Crippen LogP contribution in [-0.4, -0.2) is 28.9 Å². The number of likely N-dealkylation sites (tertiary alicyclic amines) is 1. The second-order valence-electron chi connectivity index (χ2n) is 4.54. The molecule has 17 heavy (non-hydrogen) atoms. The van der Waals surface area contributed by atoms with Crippen LogP contribution in [0.1, 0.15) is 36.5 Å². The number of piperidine rings is 1. The summed E-state index contributed by atoms with van der Waals surface area (Å²) in [5.74, 6) is 0.722. The van der Waals surface area contributed by atoms with Crippen LogP contribution < -0.4 is 0 Å². The summed E-state index contributed by atoms with van der Waals surface area (Å²) in [5.41, 5.74) is 0.631. The number of hydrogen-bond donors (Lipinski definition) is 0. The molecular formula is C13H17ClN2O. The Bertz CT molecular complexity index is 391. The number of rotatable bonds is 2. The Kier molecular flexibility index (Phi) is 4.00. The molecule has 2 rings (SSSR count). The summed E-state index contributed by atoms with van der Waals surface area (Å²) < 4.78 is 0. The Balaban J connectivity index is 2.06. The van der Waals surface area contributed by atoms with Crippen LogP contribution in [0.5, 0.6) is 0 Å². The van der Waals surface area contributed by atoms with Gasteiger partial charge in [-0.15, -0.1) is 0 Å². The number of hydrogen-bond acceptors (Lipinski definition) is 2. The first-order chi connectivity index (χ1) is 8.20. The van der Waals surface area contributed by atoms with Gasteiger partial charge in [-0.05, 0) is 30.9 Å². The zero-order valence-corrected chi connectivity index (χ0v) is 10.8. The highest BCUT2D eigenvalue weighted by atomic mass is 35.5. The molecule has 0 radical (unpaired) electrons. The molecule has 2 heterocycles. The molecule has 1 aliphatic rings. The summed E-state index contributed by atoms with van der Waals surface area (Å²) in [6.07, 6.45) is 5.04. The van der Waals surface area contributed by atoms with Crippen LogP contribution >= 0.6 is 11.6 Å². The van der Waals surface area contributed by atoms with Crippen molar-refractivity contribution in [1.82, 2.24) is 9.88 Å². The Labute approximate surface area is 107 Å². The maximum absolute atomic E-state index is 12.2. The zero-order chi connectivity index (χ0) is 12.3. The van der Waals surface area contributed by atoms with Crippen molar-refractivity contribution in [2.45, 2.75) is 26.2 Å². The Morgan fingerprint density at radius 2 is 2.41 bits per heavy atom. The van der Waals surface area contributed by atoms with Gasteiger partial charge in [0.15, 0.2) is 0 Å². The van der Waals surface area contributed by atoms with E-state index in [9.17, 15) is 4.79 Å². The van der Waals surface area contributed by atoms with E-state index in [2.05, 4.69) is 11.9 Å². The zero-order valence-electron chi connectivity index (χ0n) is 10.0. The summed E-state index contributed by atoms with van der Waals surface area (Å²) >= 11 is 5.71. The largest absolute Gasteiger partial charge is 0.338 e. The molecule has 1 atom stereocenters. The molecule has 1 amide bonds. The van der Waals surface area contributed by atoms with E-state index >= 15 is 0 Å². The predicted molar refractivity (Wildman–Crippen MR) is 68.2 cm³/mol. The molecule has 3 nitrogen and oxygen atoms in total. The van der Waals surface area contributed by atoms with Crippen molar-refractivity contribution in [3.63, 3.8) is 0 Å². The molecule has 1 aromatic rings. The van der Waals surface area contributed by atoms with Crippen molar-refractivity contribution < 1.29 is 4.79 Å². The predicted octanol–water partition coefficient (Wildman–Crippen LogP) is 3.00. The van der Waals surface area contributed by atoms with Gasteiger partial charge in [-0.3, -0.25) is 4.79 Å². The summed E-state index contributed by atoms with van der Waals surface area (Å²) in [6, 6.07) is 3.41. The lowest BCUT2D eigenvalue weighted by molar-refractivity contribution is 0.0671. The van der Waals surface area contributed by atoms with E-state index in [1.807, 2.05) is 4.90 Å². The highest BCUT2D eigenvalue weighted by molar-refractivity contribution is 6.29. The minimum Gasteiger partial charge on any atom is -0.338 e. The Hall–Kier alpha value is -1.09. The van der Waals surface area contributed by atoms with Gasteiger partial charge in [0.1, 0.15) is 5.15 Å². The molecule has 0 bridgehead atoms. The average Bonchev–Trinajstić information content (AvgIpc) is 2.39. The number of carbonyl (C=O) groups excluding carboxylic acids is 1. The van der Waals surface area contributed by atoms with Gasteiger partial charge in [-0.1, -0.05) is 24.9 Å². The van der Waals surface area contributed by atoms with E-state index in [4.69, 9.17) is 11.6 Å². The van der Waals surface area contributed by atoms with Crippen molar-refractivity contribution >= 4 is 17.5 Å². The lowest BCUT2D eigenvalue weighted by Crippen LogP contribution is -2.39. The smallest absolute Gasteiger partial charge is 0.255 e. The molecule has 1 unspecified atom stereocenters. The van der Waals surface area contributed by atoms with Gasteiger partial charge in [-0.25, -0.2) is 4.98 Å². The maximum Gasteiger partial charge on any atom is 0.255 e. The van der Waals surface area contributed by atoms with E-state index in [1.54, 1.807) is 18.3 Å². The Morgan fingerprint density at radius 1 is 1.59 bits per heavy atom. The monoisotopic (exact) mass is 252 g/mol. The van der Waals surface area contributed by atoms with Crippen LogP contribution in [0.4, 0.5) is 0 Å². The summed E-state index contributed by atoms with van der Waals surface area (Å²) in [4.78, 5) is 18.1. The topological polar surface area (TPSA) is 33.2 Å². The van der Waals surface area contributed by atoms with Crippen LogP contribution in [0, 0.1) is 5.92 Å². The molecule has 0 aliphatic carbocycles. The molecule has 1 aromatic heterocycles. The standard InChI is InChI=1S/C13H17ClN2O/c1-2-10-4-3-7-16(9-10)13(17)11-5-6-12(14)15-8-11/h5-6,8,10H,2-4,7,9H2,1H3. The lowest BCUT2D eigenvalue weighted by atomic mass is 9.95. The summed E-state index contributed by atoms with van der Waals surface area (Å²) in [6.45, 7) is 3.92. The van der Waals surface area contributed by atoms with Gasteiger partial charge in [0.05, 0.1) is 5.56 Å². The van der Waals surface area contributed by atoms with Crippen molar-refractivity contribution in [2.24, 2.45) is 5.92 Å². The molecule has 1 aliphatic heterocycles. The number of pyridine rings is 1. The van der Waals surface area contributed by atoms with Crippen LogP contribution in [0.3, 0.4) is 0 Å². The maximum atomic E-state index is 12.2. The fourth-order valence-corrected chi connectivity index (χ4v) is 2.38. The van der Waals surface area contributed by atoms with Gasteiger partial charge in [0.25, 0.3) is 5.91 Å². The Morgan fingerprint density at radius 3 is 3.06 bits per heavy atom. The quantitative estimate of drug-likeness (QED) is 0.758. The number of halogens is 1. The number of amides is 1. The number of carbonyl (C=O) groups is 1. The van der Waals surface area contributed by atoms with E-state index < -0.39 is 0 Å². The third kappa shape index (κ3) is 2.97. The normalized spacial score (nSPS) is 20.4. The number of aromatic nitrogens is 1. The van der Waals surface area contributed by atoms with Crippen molar-refractivity contribution in [1.29, 1.82) is 0 Å². The average molecular weight is 253 g/mol. The molecular weight excluding hydrogens is 236 g/mol. The first-order valence-electron chi connectivity index (χ1n) is 6.11. The van der Waals surface area contributed by atoms with Gasteiger partial charge in [0.2, 0.25) is 0 Å². The van der Waals surface area contributed by atoms with Crippen molar-refractivity contribution in [3.8, 4) is 0 Å². The molecule has 1 fully saturated rings. The van der Waals surface area contributed by atoms with E-state index in [1.165, 1.54) is 6.42 Å². The molecule has 0 aromatic carbocycles. The molecule has 4 heteroatoms. The second-order valence-corrected chi connectivity index (χ2v) is 4.92. The second kappa shape index (κ2) is 5.50. The summed E-state index contributed by atoms with van der Waals surface area (Å²) in [7, 11) is 0. The van der Waals surface area contributed by atoms with Crippen LogP contribution in [0.25, 0.3) is 0 Å². The third-order valence-electron chi connectivity index (χ3n) is 3.36. The SMILES string of the molecule is CCC1CCCN(C(=O)c2ccc(Cl)nc2)C1. The van der Waals surface area contributed by atoms with Crippen molar-refractivity contribution in [3.05, 3.63) is 29.0 Å². The molecule has 1 saturated heterocycles. The number of nitrogens with zero attached hydrogens (tertiary/aromatic N) is 2. The van der Waals surface area contributed by atoms with E-state index in [0.717, 1.165) is 25.9 Å². The molecule has 0 N–H and O–H groups in total.